The Labute approximate surface area is 68.3 Å². The van der Waals surface area contributed by atoms with E-state index in [1.807, 2.05) is 0 Å². The molecule has 0 heterocycles. The van der Waals surface area contributed by atoms with Crippen molar-refractivity contribution >= 4 is 15.8 Å². The average Bonchev–Trinajstić information content (AvgIpc) is 1.60. The van der Waals surface area contributed by atoms with E-state index in [0.29, 0.717) is 13.1 Å². The molecule has 0 N–H and O–H groups in total. The van der Waals surface area contributed by atoms with Crippen LogP contribution in [0.25, 0.3) is 0 Å². The predicted octanol–water partition coefficient (Wildman–Crippen LogP) is 3.60. The van der Waals surface area contributed by atoms with E-state index < -0.39 is 0 Å². The summed E-state index contributed by atoms with van der Waals surface area (Å²) in [5.74, 6) is 1.48. The Morgan fingerprint density at radius 1 is 1.00 bits per heavy atom. The average molecular weight is 178 g/mol. The first-order valence-corrected chi connectivity index (χ1v) is 8.09. The molecule has 0 unspecified atom stereocenters. The lowest BCUT2D eigenvalue weighted by Gasteiger charge is -2.29. The maximum Gasteiger partial charge on any atom is -0.0123 e. The van der Waals surface area contributed by atoms with E-state index in [-0.39, 0.29) is 7.92 Å². The van der Waals surface area contributed by atoms with Crippen molar-refractivity contribution in [1.29, 1.82) is 0 Å². The highest BCUT2D eigenvalue weighted by Crippen LogP contribution is 2.53. The molecule has 0 aromatic carbocycles. The molecule has 0 amide bonds. The molecule has 0 rings (SSSR count). The van der Waals surface area contributed by atoms with E-state index in [1.54, 1.807) is 0 Å². The zero-order chi connectivity index (χ0) is 8.36. The fourth-order valence-corrected chi connectivity index (χ4v) is 5.73. The minimum absolute atomic E-state index is 0.268. The van der Waals surface area contributed by atoms with Crippen LogP contribution in [0.2, 0.25) is 0 Å². The summed E-state index contributed by atoms with van der Waals surface area (Å²) in [6, 6.07) is 0. The lowest BCUT2D eigenvalue weighted by atomic mass is 10.3. The first-order valence-electron chi connectivity index (χ1n) is 3.70. The highest BCUT2D eigenvalue weighted by Gasteiger charge is 2.19. The molecule has 0 bridgehead atoms. The molecule has 10 heavy (non-hydrogen) atoms. The summed E-state index contributed by atoms with van der Waals surface area (Å²) in [6.45, 7) is 14.3. The van der Waals surface area contributed by atoms with Crippen LogP contribution in [0.1, 0.15) is 20.8 Å². The van der Waals surface area contributed by atoms with Crippen LogP contribution in [-0.2, 0) is 0 Å². The molecule has 1 atom stereocenters. The van der Waals surface area contributed by atoms with Gasteiger partial charge >= 0.3 is 0 Å². The molecule has 0 radical (unpaired) electrons. The van der Waals surface area contributed by atoms with Crippen LogP contribution in [0.5, 0.6) is 0 Å². The summed E-state index contributed by atoms with van der Waals surface area (Å²) < 4.78 is 0. The van der Waals surface area contributed by atoms with Gasteiger partial charge in [0, 0.05) is 0 Å². The second kappa shape index (κ2) is 4.03. The summed E-state index contributed by atoms with van der Waals surface area (Å²) in [5, 5.41) is 0.571. The molecular formula is C8H20P2. The third-order valence-corrected chi connectivity index (χ3v) is 7.89. The van der Waals surface area contributed by atoms with Gasteiger partial charge in [-0.2, -0.15) is 0 Å². The zero-order valence-electron chi connectivity index (χ0n) is 8.10. The molecule has 0 spiro atoms. The van der Waals surface area contributed by atoms with Crippen molar-refractivity contribution in [3.05, 3.63) is 0 Å². The lowest BCUT2D eigenvalue weighted by molar-refractivity contribution is 0.787. The van der Waals surface area contributed by atoms with Crippen LogP contribution in [0.15, 0.2) is 0 Å². The third-order valence-electron chi connectivity index (χ3n) is 1.64. The molecule has 0 fully saturated rings. The molecule has 0 nitrogen and oxygen atoms in total. The number of hydrogen-bond acceptors (Lipinski definition) is 0. The molecular weight excluding hydrogens is 158 g/mol. The van der Waals surface area contributed by atoms with E-state index in [0.717, 1.165) is 0 Å². The van der Waals surface area contributed by atoms with Gasteiger partial charge < -0.3 is 0 Å². The van der Waals surface area contributed by atoms with Crippen molar-refractivity contribution in [3.8, 4) is 0 Å². The quantitative estimate of drug-likeness (QED) is 0.567. The second-order valence-electron chi connectivity index (χ2n) is 4.09. The Bertz CT molecular complexity index is 91.9. The molecule has 62 valence electrons. The summed E-state index contributed by atoms with van der Waals surface area (Å²) in [5.41, 5.74) is 0. The minimum Gasteiger partial charge on any atom is -0.109 e. The lowest BCUT2D eigenvalue weighted by Crippen LogP contribution is -2.11. The predicted molar refractivity (Wildman–Crippen MR) is 56.2 cm³/mol. The Hall–Kier alpha value is 0.860. The topological polar surface area (TPSA) is 0 Å². The normalized spacial score (nSPS) is 15.9. The van der Waals surface area contributed by atoms with Crippen LogP contribution < -0.4 is 0 Å². The van der Waals surface area contributed by atoms with Crippen LogP contribution in [0.4, 0.5) is 0 Å². The van der Waals surface area contributed by atoms with Gasteiger partial charge in [0.1, 0.15) is 0 Å². The van der Waals surface area contributed by atoms with Gasteiger partial charge in [0.25, 0.3) is 0 Å². The Morgan fingerprint density at radius 3 is 1.50 bits per heavy atom. The Kier molecular flexibility index (Phi) is 4.38. The smallest absolute Gasteiger partial charge is 0.0123 e. The number of rotatable bonds is 2. The summed E-state index contributed by atoms with van der Waals surface area (Å²) >= 11 is 0. The summed E-state index contributed by atoms with van der Waals surface area (Å²) in [6.07, 6.45) is 0. The summed E-state index contributed by atoms with van der Waals surface area (Å²) in [4.78, 5) is 0. The summed E-state index contributed by atoms with van der Waals surface area (Å²) in [7, 11) is 0.592. The Morgan fingerprint density at radius 2 is 1.40 bits per heavy atom. The second-order valence-corrected chi connectivity index (χ2v) is 10.1. The fourth-order valence-electron chi connectivity index (χ4n) is 0.636. The van der Waals surface area contributed by atoms with Crippen molar-refractivity contribution in [3.63, 3.8) is 0 Å². The van der Waals surface area contributed by atoms with E-state index in [2.05, 4.69) is 40.8 Å². The Balaban J connectivity index is 3.73. The van der Waals surface area contributed by atoms with Crippen molar-refractivity contribution < 1.29 is 0 Å². The maximum absolute atomic E-state index is 2.43. The third kappa shape index (κ3) is 4.64. The van der Waals surface area contributed by atoms with Gasteiger partial charge in [-0.25, -0.2) is 0 Å². The molecule has 0 saturated carbocycles. The van der Waals surface area contributed by atoms with Crippen LogP contribution >= 0.6 is 15.8 Å². The van der Waals surface area contributed by atoms with E-state index >= 15 is 0 Å². The first kappa shape index (κ1) is 10.9. The highest BCUT2D eigenvalue weighted by atomic mass is 31.2. The largest absolute Gasteiger partial charge is 0.109 e. The van der Waals surface area contributed by atoms with Gasteiger partial charge in [0.15, 0.2) is 0 Å². The van der Waals surface area contributed by atoms with Gasteiger partial charge in [-0.1, -0.05) is 28.7 Å². The SMILES string of the molecule is CP(C)C[P@](C)C(C)(C)C. The fraction of sp³-hybridized carbons (Fsp3) is 1.00. The van der Waals surface area contributed by atoms with E-state index in [1.165, 1.54) is 5.90 Å². The molecule has 0 aromatic rings. The maximum atomic E-state index is 2.43. The van der Waals surface area contributed by atoms with Gasteiger partial charge in [0.2, 0.25) is 0 Å². The van der Waals surface area contributed by atoms with E-state index in [4.69, 9.17) is 0 Å². The van der Waals surface area contributed by atoms with Crippen molar-refractivity contribution in [2.75, 3.05) is 25.9 Å². The molecule has 2 heteroatoms. The standard InChI is InChI=1S/C8H20P2/c1-8(2,3)10(6)7-9(4)5/h7H2,1-6H3/t10-/m0/s1. The van der Waals surface area contributed by atoms with Crippen molar-refractivity contribution in [2.24, 2.45) is 0 Å². The molecule has 0 saturated heterocycles. The van der Waals surface area contributed by atoms with Crippen LogP contribution in [-0.4, -0.2) is 31.1 Å². The van der Waals surface area contributed by atoms with Crippen molar-refractivity contribution in [2.45, 2.75) is 25.9 Å². The van der Waals surface area contributed by atoms with Gasteiger partial charge in [-0.05, 0) is 31.1 Å². The van der Waals surface area contributed by atoms with Crippen LogP contribution in [0, 0.1) is 0 Å². The van der Waals surface area contributed by atoms with Gasteiger partial charge in [-0.3, -0.25) is 0 Å². The monoisotopic (exact) mass is 178 g/mol. The minimum atomic E-state index is 0.268. The number of hydrogen-bond donors (Lipinski definition) is 0. The zero-order valence-corrected chi connectivity index (χ0v) is 9.89. The molecule has 0 aromatic heterocycles. The van der Waals surface area contributed by atoms with Crippen LogP contribution in [0.3, 0.4) is 0 Å². The van der Waals surface area contributed by atoms with E-state index in [9.17, 15) is 0 Å². The first-order chi connectivity index (χ1) is 4.34. The van der Waals surface area contributed by atoms with Gasteiger partial charge in [0.05, 0.1) is 0 Å². The van der Waals surface area contributed by atoms with Crippen molar-refractivity contribution in [1.82, 2.24) is 0 Å². The molecule has 0 aliphatic heterocycles. The molecule has 0 aliphatic carbocycles. The molecule has 0 aliphatic rings. The highest BCUT2D eigenvalue weighted by molar-refractivity contribution is 7.74. The van der Waals surface area contributed by atoms with Gasteiger partial charge in [-0.15, -0.1) is 7.92 Å².